The lowest BCUT2D eigenvalue weighted by atomic mass is 10.0. The van der Waals surface area contributed by atoms with Crippen molar-refractivity contribution in [1.82, 2.24) is 5.32 Å². The molecule has 84 heavy (non-hydrogen) atoms. The number of carbonyl (C=O) groups excluding carboxylic acids is 1. The summed E-state index contributed by atoms with van der Waals surface area (Å²) < 4.78 is 0. The van der Waals surface area contributed by atoms with Crippen molar-refractivity contribution in [1.29, 1.82) is 0 Å². The van der Waals surface area contributed by atoms with Crippen molar-refractivity contribution in [2.24, 2.45) is 0 Å². The van der Waals surface area contributed by atoms with Crippen LogP contribution in [0.5, 0.6) is 0 Å². The standard InChI is InChI=1S/C80H149NO3/c1-3-5-7-9-11-13-15-17-19-21-23-25-27-29-31-33-35-37-38-39-40-41-42-44-46-48-50-52-54-56-58-60-62-64-66-68-70-72-74-76-80(84)81-78(77-82)79(83)75-73-71-69-67-65-63-61-59-57-55-53-51-49-47-45-43-36-34-32-30-28-26-24-22-20-18-16-14-12-10-8-6-4-2/h5,7,11,13,17,19,23,25,29,31,35,37,78-79,82-83H,3-4,6,8-10,12,14-16,18,20-22,24,26-28,30,32-34,36,38-77H2,1-2H3,(H,81,84)/b7-5-,13-11-,19-17-,25-23-,31-29-,37-35-. The molecule has 2 unspecified atom stereocenters. The van der Waals surface area contributed by atoms with Crippen LogP contribution in [0, 0.1) is 0 Å². The van der Waals surface area contributed by atoms with Crippen LogP contribution < -0.4 is 5.32 Å². The molecule has 0 radical (unpaired) electrons. The zero-order chi connectivity index (χ0) is 60.5. The van der Waals surface area contributed by atoms with Crippen LogP contribution >= 0.6 is 0 Å². The molecule has 3 N–H and O–H groups in total. The second kappa shape index (κ2) is 75.1. The predicted octanol–water partition coefficient (Wildman–Crippen LogP) is 26.4. The van der Waals surface area contributed by atoms with Crippen LogP contribution in [0.25, 0.3) is 0 Å². The minimum atomic E-state index is -0.663. The number of aliphatic hydroxyl groups excluding tert-OH is 2. The molecular formula is C80H149NO3. The monoisotopic (exact) mass is 1170 g/mol. The van der Waals surface area contributed by atoms with Gasteiger partial charge in [-0.15, -0.1) is 0 Å². The number of amides is 1. The summed E-state index contributed by atoms with van der Waals surface area (Å²) >= 11 is 0. The van der Waals surface area contributed by atoms with Gasteiger partial charge in [0.05, 0.1) is 18.8 Å². The van der Waals surface area contributed by atoms with Gasteiger partial charge in [0.2, 0.25) is 5.91 Å². The lowest BCUT2D eigenvalue weighted by molar-refractivity contribution is -0.123. The molecule has 492 valence electrons. The highest BCUT2D eigenvalue weighted by Gasteiger charge is 2.20. The van der Waals surface area contributed by atoms with E-state index in [9.17, 15) is 15.0 Å². The molecule has 1 amide bonds. The van der Waals surface area contributed by atoms with Crippen LogP contribution in [0.4, 0.5) is 0 Å². The van der Waals surface area contributed by atoms with E-state index >= 15 is 0 Å². The first kappa shape index (κ1) is 81.8. The predicted molar refractivity (Wildman–Crippen MR) is 377 cm³/mol. The van der Waals surface area contributed by atoms with E-state index in [4.69, 9.17) is 0 Å². The minimum Gasteiger partial charge on any atom is -0.394 e. The molecule has 0 aliphatic heterocycles. The Morgan fingerprint density at radius 3 is 0.786 bits per heavy atom. The van der Waals surface area contributed by atoms with Gasteiger partial charge in [-0.2, -0.15) is 0 Å². The molecule has 2 atom stereocenters. The summed E-state index contributed by atoms with van der Waals surface area (Å²) in [4.78, 5) is 12.6. The maximum absolute atomic E-state index is 12.6. The molecule has 0 saturated heterocycles. The van der Waals surface area contributed by atoms with Crippen molar-refractivity contribution in [2.75, 3.05) is 6.61 Å². The van der Waals surface area contributed by atoms with Gasteiger partial charge in [-0.25, -0.2) is 0 Å². The van der Waals surface area contributed by atoms with E-state index < -0.39 is 12.1 Å². The summed E-state index contributed by atoms with van der Waals surface area (Å²) in [5, 5.41) is 23.5. The number of rotatable bonds is 71. The molecule has 0 rings (SSSR count). The second-order valence-corrected chi connectivity index (χ2v) is 26.1. The van der Waals surface area contributed by atoms with Crippen LogP contribution in [-0.2, 0) is 4.79 Å². The zero-order valence-corrected chi connectivity index (χ0v) is 56.9. The third-order valence-electron chi connectivity index (χ3n) is 17.7. The van der Waals surface area contributed by atoms with Crippen LogP contribution in [0.15, 0.2) is 72.9 Å². The van der Waals surface area contributed by atoms with E-state index in [0.29, 0.717) is 12.8 Å². The number of aliphatic hydroxyl groups is 2. The second-order valence-electron chi connectivity index (χ2n) is 26.1. The minimum absolute atomic E-state index is 0.0241. The van der Waals surface area contributed by atoms with Crippen molar-refractivity contribution in [3.8, 4) is 0 Å². The first-order valence-electron chi connectivity index (χ1n) is 38.1. The quantitative estimate of drug-likeness (QED) is 0.0420. The lowest BCUT2D eigenvalue weighted by Crippen LogP contribution is -2.45. The molecule has 0 aromatic rings. The molecule has 0 bridgehead atoms. The van der Waals surface area contributed by atoms with Gasteiger partial charge < -0.3 is 15.5 Å². The van der Waals surface area contributed by atoms with Crippen molar-refractivity contribution in [3.05, 3.63) is 72.9 Å². The average Bonchev–Trinajstić information content (AvgIpc) is 3.51. The van der Waals surface area contributed by atoms with Gasteiger partial charge in [0.15, 0.2) is 0 Å². The summed E-state index contributed by atoms with van der Waals surface area (Å²) in [7, 11) is 0. The Bertz CT molecular complexity index is 1420. The highest BCUT2D eigenvalue weighted by atomic mass is 16.3. The maximum Gasteiger partial charge on any atom is 0.220 e. The number of hydrogen-bond acceptors (Lipinski definition) is 3. The fourth-order valence-electron chi connectivity index (χ4n) is 12.0. The van der Waals surface area contributed by atoms with E-state index in [1.54, 1.807) is 0 Å². The van der Waals surface area contributed by atoms with Crippen molar-refractivity contribution in [3.63, 3.8) is 0 Å². The fourth-order valence-corrected chi connectivity index (χ4v) is 12.0. The Kier molecular flexibility index (Phi) is 73.1. The SMILES string of the molecule is CC/C=C\C/C=C\C/C=C\C/C=C\C/C=C\C/C=C\CCCCCCCCCCCCCCCCCCCCCCC(=O)NC(CO)C(O)CCCCCCCCCCCCCCCCCCCCCCCCCCCCCCCCCCC. The van der Waals surface area contributed by atoms with Gasteiger partial charge in [-0.05, 0) is 64.2 Å². The lowest BCUT2D eigenvalue weighted by Gasteiger charge is -2.22. The molecule has 0 aliphatic rings. The van der Waals surface area contributed by atoms with Crippen LogP contribution in [0.3, 0.4) is 0 Å². The molecule has 0 aliphatic carbocycles. The third kappa shape index (κ3) is 70.6. The Hall–Kier alpha value is -2.17. The molecule has 4 heteroatoms. The van der Waals surface area contributed by atoms with Gasteiger partial charge in [0.25, 0.3) is 0 Å². The Morgan fingerprint density at radius 2 is 0.524 bits per heavy atom. The molecule has 0 aromatic carbocycles. The molecule has 0 fully saturated rings. The number of unbranched alkanes of at least 4 members (excludes halogenated alkanes) is 52. The highest BCUT2D eigenvalue weighted by Crippen LogP contribution is 2.20. The van der Waals surface area contributed by atoms with E-state index in [2.05, 4.69) is 92.1 Å². The fraction of sp³-hybridized carbons (Fsp3) is 0.838. The summed E-state index contributed by atoms with van der Waals surface area (Å²) in [6.07, 6.45) is 108. The average molecular weight is 1170 g/mol. The Labute approximate surface area is 527 Å². The first-order chi connectivity index (χ1) is 41.7. The van der Waals surface area contributed by atoms with E-state index in [-0.39, 0.29) is 12.5 Å². The maximum atomic E-state index is 12.6. The summed E-state index contributed by atoms with van der Waals surface area (Å²) in [5.41, 5.74) is 0. The Morgan fingerprint density at radius 1 is 0.298 bits per heavy atom. The van der Waals surface area contributed by atoms with E-state index in [0.717, 1.165) is 64.2 Å². The number of hydrogen-bond donors (Lipinski definition) is 3. The van der Waals surface area contributed by atoms with Crippen LogP contribution in [-0.4, -0.2) is 34.9 Å². The van der Waals surface area contributed by atoms with Gasteiger partial charge in [-0.1, -0.05) is 414 Å². The molecule has 4 nitrogen and oxygen atoms in total. The largest absolute Gasteiger partial charge is 0.394 e. The first-order valence-corrected chi connectivity index (χ1v) is 38.1. The van der Waals surface area contributed by atoms with Crippen LogP contribution in [0.1, 0.15) is 412 Å². The summed E-state index contributed by atoms with van der Waals surface area (Å²) in [6, 6.07) is -0.539. The van der Waals surface area contributed by atoms with Crippen molar-refractivity contribution >= 4 is 5.91 Å². The highest BCUT2D eigenvalue weighted by molar-refractivity contribution is 5.76. The molecule has 0 aromatic heterocycles. The van der Waals surface area contributed by atoms with E-state index in [1.807, 2.05) is 0 Å². The Balaban J connectivity index is 3.40. The topological polar surface area (TPSA) is 69.6 Å². The number of allylic oxidation sites excluding steroid dienone is 12. The van der Waals surface area contributed by atoms with Gasteiger partial charge in [0.1, 0.15) is 0 Å². The zero-order valence-electron chi connectivity index (χ0n) is 56.9. The normalized spacial score (nSPS) is 13.0. The number of carbonyl (C=O) groups is 1. The smallest absolute Gasteiger partial charge is 0.220 e. The molecular weight excluding hydrogens is 1020 g/mol. The molecule has 0 heterocycles. The third-order valence-corrected chi connectivity index (χ3v) is 17.7. The summed E-state index contributed by atoms with van der Waals surface area (Å²) in [6.45, 7) is 4.29. The molecule has 0 saturated carbocycles. The van der Waals surface area contributed by atoms with E-state index in [1.165, 1.54) is 321 Å². The van der Waals surface area contributed by atoms with Crippen molar-refractivity contribution < 1.29 is 15.0 Å². The van der Waals surface area contributed by atoms with Gasteiger partial charge in [0, 0.05) is 6.42 Å². The van der Waals surface area contributed by atoms with Crippen molar-refractivity contribution in [2.45, 2.75) is 424 Å². The number of nitrogens with one attached hydrogen (secondary N) is 1. The van der Waals surface area contributed by atoms with Gasteiger partial charge in [-0.3, -0.25) is 4.79 Å². The summed E-state index contributed by atoms with van der Waals surface area (Å²) in [5.74, 6) is -0.0241. The van der Waals surface area contributed by atoms with Gasteiger partial charge >= 0.3 is 0 Å². The van der Waals surface area contributed by atoms with Crippen LogP contribution in [0.2, 0.25) is 0 Å². The molecule has 0 spiro atoms.